The Bertz CT molecular complexity index is 368. The average Bonchev–Trinajstić information content (AvgIpc) is 2.35. The van der Waals surface area contributed by atoms with Crippen LogP contribution in [0.3, 0.4) is 0 Å². The third kappa shape index (κ3) is 4.05. The lowest BCUT2D eigenvalue weighted by Crippen LogP contribution is -2.11. The monoisotopic (exact) mass is 252 g/mol. The molecule has 1 heterocycles. The van der Waals surface area contributed by atoms with Gasteiger partial charge in [0.05, 0.1) is 6.61 Å². The molecule has 0 radical (unpaired) electrons. The van der Waals surface area contributed by atoms with E-state index in [4.69, 9.17) is 10.5 Å². The van der Waals surface area contributed by atoms with Crippen molar-refractivity contribution in [2.45, 2.75) is 46.5 Å². The molecule has 0 saturated heterocycles. The van der Waals surface area contributed by atoms with Crippen LogP contribution in [0.1, 0.15) is 45.9 Å². The third-order valence-corrected chi connectivity index (χ3v) is 2.51. The second-order valence-corrected chi connectivity index (χ2v) is 4.19. The summed E-state index contributed by atoms with van der Waals surface area (Å²) in [5.41, 5.74) is 6.51. The molecular formula is C13H24N4O. The summed E-state index contributed by atoms with van der Waals surface area (Å²) >= 11 is 0. The predicted octanol–water partition coefficient (Wildman–Crippen LogP) is 2.62. The van der Waals surface area contributed by atoms with Crippen molar-refractivity contribution in [2.24, 2.45) is 0 Å². The molecule has 0 amide bonds. The van der Waals surface area contributed by atoms with Crippen molar-refractivity contribution in [3.05, 3.63) is 5.82 Å². The Labute approximate surface area is 109 Å². The van der Waals surface area contributed by atoms with E-state index in [2.05, 4.69) is 29.1 Å². The molecule has 18 heavy (non-hydrogen) atoms. The highest BCUT2D eigenvalue weighted by atomic mass is 16.5. The number of nitrogens with one attached hydrogen (secondary N) is 1. The Hall–Kier alpha value is -1.52. The first-order chi connectivity index (χ1) is 8.72. The number of rotatable bonds is 8. The zero-order valence-corrected chi connectivity index (χ0v) is 11.6. The number of anilines is 2. The van der Waals surface area contributed by atoms with E-state index < -0.39 is 0 Å². The van der Waals surface area contributed by atoms with E-state index in [1.165, 1.54) is 0 Å². The highest BCUT2D eigenvalue weighted by Crippen LogP contribution is 2.26. The van der Waals surface area contributed by atoms with Crippen molar-refractivity contribution in [3.8, 4) is 5.88 Å². The van der Waals surface area contributed by atoms with Crippen LogP contribution in [0.25, 0.3) is 0 Å². The summed E-state index contributed by atoms with van der Waals surface area (Å²) < 4.78 is 5.64. The number of aryl methyl sites for hydroxylation is 1. The van der Waals surface area contributed by atoms with E-state index >= 15 is 0 Å². The van der Waals surface area contributed by atoms with Crippen LogP contribution >= 0.6 is 0 Å². The lowest BCUT2D eigenvalue weighted by molar-refractivity contribution is 0.298. The number of hydrogen-bond acceptors (Lipinski definition) is 5. The summed E-state index contributed by atoms with van der Waals surface area (Å²) in [6.07, 6.45) is 3.93. The van der Waals surface area contributed by atoms with Crippen molar-refractivity contribution < 1.29 is 4.74 Å². The summed E-state index contributed by atoms with van der Waals surface area (Å²) in [6.45, 7) is 7.66. The van der Waals surface area contributed by atoms with Crippen molar-refractivity contribution >= 4 is 11.5 Å². The van der Waals surface area contributed by atoms with Gasteiger partial charge in [-0.3, -0.25) is 0 Å². The maximum atomic E-state index is 6.00. The number of nitrogens with zero attached hydrogens (tertiary/aromatic N) is 2. The molecule has 1 aromatic heterocycles. The minimum Gasteiger partial charge on any atom is -0.476 e. The summed E-state index contributed by atoms with van der Waals surface area (Å²) in [5, 5.41) is 3.15. The largest absolute Gasteiger partial charge is 0.476 e. The van der Waals surface area contributed by atoms with E-state index in [1.54, 1.807) is 0 Å². The first-order valence-electron chi connectivity index (χ1n) is 6.75. The predicted molar refractivity (Wildman–Crippen MR) is 75.0 cm³/mol. The van der Waals surface area contributed by atoms with E-state index in [1.807, 2.05) is 6.92 Å². The van der Waals surface area contributed by atoms with Gasteiger partial charge in [0, 0.05) is 13.0 Å². The topological polar surface area (TPSA) is 73.1 Å². The molecule has 0 aliphatic heterocycles. The molecular weight excluding hydrogens is 228 g/mol. The van der Waals surface area contributed by atoms with Gasteiger partial charge in [0.15, 0.2) is 5.82 Å². The molecule has 5 heteroatoms. The molecule has 102 valence electrons. The van der Waals surface area contributed by atoms with E-state index in [0.29, 0.717) is 24.0 Å². The fourth-order valence-electron chi connectivity index (χ4n) is 1.55. The van der Waals surface area contributed by atoms with Crippen LogP contribution < -0.4 is 15.8 Å². The fraction of sp³-hybridized carbons (Fsp3) is 0.692. The van der Waals surface area contributed by atoms with E-state index in [9.17, 15) is 0 Å². The first kappa shape index (κ1) is 14.5. The van der Waals surface area contributed by atoms with Crippen LogP contribution in [0.2, 0.25) is 0 Å². The normalized spacial score (nSPS) is 10.4. The smallest absolute Gasteiger partial charge is 0.242 e. The van der Waals surface area contributed by atoms with E-state index in [0.717, 1.165) is 38.1 Å². The Morgan fingerprint density at radius 1 is 1.17 bits per heavy atom. The molecule has 0 atom stereocenters. The number of nitrogens with two attached hydrogens (primary N) is 1. The quantitative estimate of drug-likeness (QED) is 0.696. The van der Waals surface area contributed by atoms with Gasteiger partial charge in [-0.2, -0.15) is 4.98 Å². The van der Waals surface area contributed by atoms with Gasteiger partial charge in [-0.05, 0) is 19.8 Å². The summed E-state index contributed by atoms with van der Waals surface area (Å²) in [6, 6.07) is 0. The second-order valence-electron chi connectivity index (χ2n) is 4.19. The molecule has 0 bridgehead atoms. The van der Waals surface area contributed by atoms with Crippen molar-refractivity contribution in [1.29, 1.82) is 0 Å². The van der Waals surface area contributed by atoms with Crippen LogP contribution in [-0.4, -0.2) is 23.1 Å². The lowest BCUT2D eigenvalue weighted by atomic mass is 10.3. The van der Waals surface area contributed by atoms with Crippen LogP contribution in [-0.2, 0) is 6.42 Å². The number of unbranched alkanes of at least 4 members (excludes halogenated alkanes) is 1. The molecule has 0 aromatic carbocycles. The number of hydrogen-bond donors (Lipinski definition) is 2. The Balaban J connectivity index is 2.90. The Morgan fingerprint density at radius 2 is 1.94 bits per heavy atom. The molecule has 0 aliphatic carbocycles. The first-order valence-corrected chi connectivity index (χ1v) is 6.75. The van der Waals surface area contributed by atoms with Crippen LogP contribution in [0, 0.1) is 0 Å². The number of nitrogen functional groups attached to an aromatic ring is 1. The molecule has 5 nitrogen and oxygen atoms in total. The van der Waals surface area contributed by atoms with Crippen LogP contribution in [0.5, 0.6) is 5.88 Å². The summed E-state index contributed by atoms with van der Waals surface area (Å²) in [4.78, 5) is 8.79. The summed E-state index contributed by atoms with van der Waals surface area (Å²) in [7, 11) is 0. The van der Waals surface area contributed by atoms with Gasteiger partial charge in [0.1, 0.15) is 11.5 Å². The van der Waals surface area contributed by atoms with Crippen molar-refractivity contribution in [1.82, 2.24) is 9.97 Å². The van der Waals surface area contributed by atoms with Gasteiger partial charge in [-0.1, -0.05) is 20.3 Å². The fourth-order valence-corrected chi connectivity index (χ4v) is 1.55. The molecule has 0 fully saturated rings. The minimum absolute atomic E-state index is 0.507. The highest BCUT2D eigenvalue weighted by molar-refractivity contribution is 5.66. The van der Waals surface area contributed by atoms with Gasteiger partial charge in [-0.25, -0.2) is 4.98 Å². The average molecular weight is 252 g/mol. The van der Waals surface area contributed by atoms with Crippen LogP contribution in [0.4, 0.5) is 11.5 Å². The minimum atomic E-state index is 0.507. The van der Waals surface area contributed by atoms with Crippen LogP contribution in [0.15, 0.2) is 0 Å². The molecule has 1 aromatic rings. The van der Waals surface area contributed by atoms with Crippen molar-refractivity contribution in [2.75, 3.05) is 24.2 Å². The van der Waals surface area contributed by atoms with Gasteiger partial charge >= 0.3 is 0 Å². The zero-order valence-electron chi connectivity index (χ0n) is 11.6. The van der Waals surface area contributed by atoms with E-state index in [-0.39, 0.29) is 0 Å². The molecule has 0 saturated carbocycles. The number of ether oxygens (including phenoxy) is 1. The third-order valence-electron chi connectivity index (χ3n) is 2.51. The molecule has 0 spiro atoms. The summed E-state index contributed by atoms with van der Waals surface area (Å²) in [5.74, 6) is 1.98. The standard InChI is InChI=1S/C13H24N4O/c1-4-7-9-18-13-11(14)12(15-6-3)16-10(17-13)8-5-2/h4-9,14H2,1-3H3,(H,15,16,17). The molecule has 1 rings (SSSR count). The zero-order chi connectivity index (χ0) is 13.4. The van der Waals surface area contributed by atoms with Crippen molar-refractivity contribution in [3.63, 3.8) is 0 Å². The molecule has 3 N–H and O–H groups in total. The van der Waals surface area contributed by atoms with Gasteiger partial charge in [-0.15, -0.1) is 0 Å². The maximum Gasteiger partial charge on any atom is 0.242 e. The molecule has 0 unspecified atom stereocenters. The highest BCUT2D eigenvalue weighted by Gasteiger charge is 2.12. The lowest BCUT2D eigenvalue weighted by Gasteiger charge is -2.13. The van der Waals surface area contributed by atoms with Gasteiger partial charge in [0.25, 0.3) is 0 Å². The second kappa shape index (κ2) is 7.74. The SMILES string of the molecule is CCCCOc1nc(CCC)nc(NCC)c1N. The Kier molecular flexibility index (Phi) is 6.25. The number of aromatic nitrogens is 2. The van der Waals surface area contributed by atoms with Gasteiger partial charge in [0.2, 0.25) is 5.88 Å². The van der Waals surface area contributed by atoms with Gasteiger partial charge < -0.3 is 15.8 Å². The maximum absolute atomic E-state index is 6.00. The molecule has 0 aliphatic rings. The Morgan fingerprint density at radius 3 is 2.56 bits per heavy atom.